The Morgan fingerprint density at radius 1 is 1.23 bits per heavy atom. The monoisotopic (exact) mass is 317 g/mol. The highest BCUT2D eigenvalue weighted by molar-refractivity contribution is 5.76. The predicted octanol–water partition coefficient (Wildman–Crippen LogP) is 1.65. The van der Waals surface area contributed by atoms with E-state index in [1.54, 1.807) is 0 Å². The Labute approximate surface area is 131 Å². The minimum absolute atomic E-state index is 0.172. The smallest absolute Gasteiger partial charge is 0.323 e. The molecule has 0 aliphatic carbocycles. The molecule has 1 rings (SSSR count). The summed E-state index contributed by atoms with van der Waals surface area (Å²) in [6.07, 6.45) is 2.40. The van der Waals surface area contributed by atoms with Crippen molar-refractivity contribution in [3.63, 3.8) is 0 Å². The van der Waals surface area contributed by atoms with Gasteiger partial charge in [0, 0.05) is 13.3 Å². The van der Waals surface area contributed by atoms with Crippen LogP contribution in [0.15, 0.2) is 0 Å². The van der Waals surface area contributed by atoms with E-state index in [0.29, 0.717) is 18.8 Å². The zero-order valence-electron chi connectivity index (χ0n) is 13.7. The van der Waals surface area contributed by atoms with Gasteiger partial charge >= 0.3 is 11.9 Å². The number of carboxylic acids is 2. The minimum atomic E-state index is -0.833. The highest BCUT2D eigenvalue weighted by atomic mass is 16.6. The first-order chi connectivity index (χ1) is 10.0. The van der Waals surface area contributed by atoms with Gasteiger partial charge in [-0.2, -0.15) is 0 Å². The second-order valence-electron chi connectivity index (χ2n) is 6.38. The predicted molar refractivity (Wildman–Crippen MR) is 80.5 cm³/mol. The minimum Gasteiger partial charge on any atom is -0.481 e. The zero-order valence-corrected chi connectivity index (χ0v) is 13.7. The third kappa shape index (κ3) is 11.1. The SMILES string of the molecule is CC(=O)O.CC(C)(C)OC(=O)C1CC(CCC(=O)O)CCN1. The summed E-state index contributed by atoms with van der Waals surface area (Å²) in [5.74, 6) is -1.55. The molecule has 2 unspecified atom stereocenters. The van der Waals surface area contributed by atoms with E-state index >= 15 is 0 Å². The highest BCUT2D eigenvalue weighted by Gasteiger charge is 2.30. The third-order valence-electron chi connectivity index (χ3n) is 2.97. The summed E-state index contributed by atoms with van der Waals surface area (Å²) in [6, 6.07) is -0.295. The highest BCUT2D eigenvalue weighted by Crippen LogP contribution is 2.23. The maximum absolute atomic E-state index is 11.9. The van der Waals surface area contributed by atoms with E-state index in [2.05, 4.69) is 5.32 Å². The number of carboxylic acid groups (broad SMARTS) is 2. The normalized spacial score (nSPS) is 21.3. The van der Waals surface area contributed by atoms with Crippen molar-refractivity contribution in [2.45, 2.75) is 65.0 Å². The van der Waals surface area contributed by atoms with Gasteiger partial charge < -0.3 is 20.3 Å². The lowest BCUT2D eigenvalue weighted by Gasteiger charge is -2.31. The number of carbonyl (C=O) groups is 3. The molecule has 3 N–H and O–H groups in total. The lowest BCUT2D eigenvalue weighted by atomic mass is 9.88. The molecule has 1 aliphatic rings. The van der Waals surface area contributed by atoms with Gasteiger partial charge in [-0.05, 0) is 52.5 Å². The number of aliphatic carboxylic acids is 2. The lowest BCUT2D eigenvalue weighted by Crippen LogP contribution is -2.46. The second-order valence-corrected chi connectivity index (χ2v) is 6.38. The molecular formula is C15H27NO6. The van der Waals surface area contributed by atoms with Crippen LogP contribution in [0.1, 0.15) is 53.4 Å². The van der Waals surface area contributed by atoms with Gasteiger partial charge in [0.25, 0.3) is 5.97 Å². The molecule has 128 valence electrons. The van der Waals surface area contributed by atoms with Gasteiger partial charge in [0.2, 0.25) is 0 Å². The van der Waals surface area contributed by atoms with Crippen LogP contribution in [0.3, 0.4) is 0 Å². The van der Waals surface area contributed by atoms with Gasteiger partial charge in [0.05, 0.1) is 0 Å². The van der Waals surface area contributed by atoms with E-state index < -0.39 is 17.5 Å². The summed E-state index contributed by atoms with van der Waals surface area (Å²) in [6.45, 7) is 7.36. The molecule has 0 amide bonds. The molecule has 22 heavy (non-hydrogen) atoms. The first kappa shape index (κ1) is 20.4. The largest absolute Gasteiger partial charge is 0.481 e. The quantitative estimate of drug-likeness (QED) is 0.676. The Hall–Kier alpha value is -1.63. The van der Waals surface area contributed by atoms with Crippen molar-refractivity contribution in [2.75, 3.05) is 6.54 Å². The van der Waals surface area contributed by atoms with Crippen LogP contribution in [0.5, 0.6) is 0 Å². The maximum Gasteiger partial charge on any atom is 0.323 e. The Balaban J connectivity index is 0.000000980. The maximum atomic E-state index is 11.9. The topological polar surface area (TPSA) is 113 Å². The second kappa shape index (κ2) is 9.40. The molecule has 0 aromatic carbocycles. The first-order valence-electron chi connectivity index (χ1n) is 7.39. The van der Waals surface area contributed by atoms with Crippen molar-refractivity contribution >= 4 is 17.9 Å². The molecule has 1 fully saturated rings. The molecular weight excluding hydrogens is 290 g/mol. The van der Waals surface area contributed by atoms with Crippen LogP contribution in [0, 0.1) is 5.92 Å². The summed E-state index contributed by atoms with van der Waals surface area (Å²) in [7, 11) is 0. The van der Waals surface area contributed by atoms with Crippen molar-refractivity contribution < 1.29 is 29.3 Å². The van der Waals surface area contributed by atoms with Crippen molar-refractivity contribution in [3.8, 4) is 0 Å². The molecule has 0 spiro atoms. The number of esters is 1. The van der Waals surface area contributed by atoms with Gasteiger partial charge in [-0.3, -0.25) is 14.4 Å². The van der Waals surface area contributed by atoms with E-state index in [1.807, 2.05) is 20.8 Å². The van der Waals surface area contributed by atoms with Crippen molar-refractivity contribution in [1.82, 2.24) is 5.32 Å². The van der Waals surface area contributed by atoms with E-state index in [0.717, 1.165) is 19.9 Å². The van der Waals surface area contributed by atoms with Gasteiger partial charge in [-0.1, -0.05) is 0 Å². The van der Waals surface area contributed by atoms with Crippen LogP contribution in [0.4, 0.5) is 0 Å². The molecule has 0 bridgehead atoms. The molecule has 1 heterocycles. The third-order valence-corrected chi connectivity index (χ3v) is 2.97. The van der Waals surface area contributed by atoms with Crippen LogP contribution < -0.4 is 5.32 Å². The molecule has 0 saturated carbocycles. The summed E-state index contributed by atoms with van der Waals surface area (Å²) in [5, 5.41) is 19.2. The van der Waals surface area contributed by atoms with Crippen molar-refractivity contribution in [2.24, 2.45) is 5.92 Å². The molecule has 7 heteroatoms. The van der Waals surface area contributed by atoms with Gasteiger partial charge in [0.15, 0.2) is 0 Å². The molecule has 0 aromatic heterocycles. The molecule has 0 aromatic rings. The molecule has 1 saturated heterocycles. The van der Waals surface area contributed by atoms with Crippen LogP contribution in [-0.2, 0) is 19.1 Å². The summed E-state index contributed by atoms with van der Waals surface area (Å²) < 4.78 is 5.33. The average molecular weight is 317 g/mol. The average Bonchev–Trinajstić information content (AvgIpc) is 2.34. The fraction of sp³-hybridized carbons (Fsp3) is 0.800. The van der Waals surface area contributed by atoms with Gasteiger partial charge in [-0.25, -0.2) is 0 Å². The Morgan fingerprint density at radius 2 is 1.77 bits per heavy atom. The van der Waals surface area contributed by atoms with E-state index in [1.165, 1.54) is 0 Å². The molecule has 1 aliphatic heterocycles. The first-order valence-corrected chi connectivity index (χ1v) is 7.39. The number of piperidine rings is 1. The Kier molecular flexibility index (Phi) is 8.70. The van der Waals surface area contributed by atoms with Crippen molar-refractivity contribution in [3.05, 3.63) is 0 Å². The van der Waals surface area contributed by atoms with Crippen molar-refractivity contribution in [1.29, 1.82) is 0 Å². The summed E-state index contributed by atoms with van der Waals surface area (Å²) in [5.41, 5.74) is -0.479. The molecule has 0 radical (unpaired) electrons. The van der Waals surface area contributed by atoms with Crippen LogP contribution in [0.2, 0.25) is 0 Å². The van der Waals surface area contributed by atoms with Crippen LogP contribution in [-0.4, -0.2) is 46.3 Å². The number of hydrogen-bond acceptors (Lipinski definition) is 5. The molecule has 7 nitrogen and oxygen atoms in total. The lowest BCUT2D eigenvalue weighted by molar-refractivity contribution is -0.158. The Bertz CT molecular complexity index is 384. The number of carbonyl (C=O) groups excluding carboxylic acids is 1. The number of ether oxygens (including phenoxy) is 1. The summed E-state index contributed by atoms with van der Waals surface area (Å²) >= 11 is 0. The molecule has 2 atom stereocenters. The Morgan fingerprint density at radius 3 is 2.23 bits per heavy atom. The van der Waals surface area contributed by atoms with Crippen LogP contribution >= 0.6 is 0 Å². The summed E-state index contributed by atoms with van der Waals surface area (Å²) in [4.78, 5) is 31.4. The van der Waals surface area contributed by atoms with E-state index in [4.69, 9.17) is 19.7 Å². The van der Waals surface area contributed by atoms with E-state index in [9.17, 15) is 9.59 Å². The number of nitrogens with one attached hydrogen (secondary N) is 1. The fourth-order valence-electron chi connectivity index (χ4n) is 2.14. The van der Waals surface area contributed by atoms with Gasteiger partial charge in [0.1, 0.15) is 11.6 Å². The number of rotatable bonds is 4. The fourth-order valence-corrected chi connectivity index (χ4v) is 2.14. The zero-order chi connectivity index (χ0) is 17.3. The number of hydrogen-bond donors (Lipinski definition) is 3. The van der Waals surface area contributed by atoms with E-state index in [-0.39, 0.29) is 18.4 Å². The van der Waals surface area contributed by atoms with Gasteiger partial charge in [-0.15, -0.1) is 0 Å². The van der Waals surface area contributed by atoms with Crippen LogP contribution in [0.25, 0.3) is 0 Å². The standard InChI is InChI=1S/C13H23NO4.C2H4O2/c1-13(2,3)18-12(17)10-8-9(6-7-14-10)4-5-11(15)16;1-2(3)4/h9-10,14H,4-8H2,1-3H3,(H,15,16);1H3,(H,3,4).